The summed E-state index contributed by atoms with van der Waals surface area (Å²) in [6, 6.07) is 0. The van der Waals surface area contributed by atoms with Crippen LogP contribution in [0.15, 0.2) is 48.6 Å². The molecule has 0 rings (SSSR count). The number of rotatable bonds is 14. The van der Waals surface area contributed by atoms with Gasteiger partial charge in [0.1, 0.15) is 0 Å². The predicted molar refractivity (Wildman–Crippen MR) is 96.4 cm³/mol. The Kier molecular flexibility index (Phi) is 14.6. The minimum absolute atomic E-state index is 0.197. The number of allylic oxidation sites excluding steroid dienone is 8. The van der Waals surface area contributed by atoms with Gasteiger partial charge in [0.05, 0.1) is 0 Å². The van der Waals surface area contributed by atoms with Gasteiger partial charge in [-0.15, -0.1) is 0 Å². The van der Waals surface area contributed by atoms with Gasteiger partial charge < -0.3 is 5.11 Å². The molecule has 0 aromatic heterocycles. The first kappa shape index (κ1) is 23.2. The monoisotopic (exact) mass is 358 g/mol. The summed E-state index contributed by atoms with van der Waals surface area (Å²) in [7, 11) is 0. The van der Waals surface area contributed by atoms with E-state index >= 15 is 0 Å². The number of aliphatic carboxylic acids is 1. The summed E-state index contributed by atoms with van der Waals surface area (Å²) in [4.78, 5) is 10.3. The molecule has 0 bridgehead atoms. The SMILES string of the molecule is O=C(O)CCC/C=C\C/C=C\C/C=C\C/C=C\CCCCC(F)(F)F. The number of alkyl halides is 3. The van der Waals surface area contributed by atoms with Crippen LogP contribution in [0.3, 0.4) is 0 Å². The van der Waals surface area contributed by atoms with Crippen LogP contribution >= 0.6 is 0 Å². The molecule has 1 N–H and O–H groups in total. The van der Waals surface area contributed by atoms with E-state index in [4.69, 9.17) is 5.11 Å². The Morgan fingerprint density at radius 2 is 1.16 bits per heavy atom. The summed E-state index contributed by atoms with van der Waals surface area (Å²) in [6.07, 6.45) is 17.1. The van der Waals surface area contributed by atoms with Crippen LogP contribution in [0.1, 0.15) is 64.2 Å². The molecule has 0 fully saturated rings. The van der Waals surface area contributed by atoms with Crippen molar-refractivity contribution in [2.45, 2.75) is 70.4 Å². The van der Waals surface area contributed by atoms with Gasteiger partial charge in [0.2, 0.25) is 0 Å². The van der Waals surface area contributed by atoms with E-state index < -0.39 is 18.6 Å². The second-order valence-electron chi connectivity index (χ2n) is 5.74. The molecule has 0 unspecified atom stereocenters. The number of hydrogen-bond acceptors (Lipinski definition) is 1. The summed E-state index contributed by atoms with van der Waals surface area (Å²) in [5, 5.41) is 8.48. The molecular formula is C20H29F3O2. The second kappa shape index (κ2) is 15.7. The first-order valence-corrected chi connectivity index (χ1v) is 8.80. The molecule has 0 saturated heterocycles. The average Bonchev–Trinajstić information content (AvgIpc) is 2.52. The van der Waals surface area contributed by atoms with Crippen molar-refractivity contribution < 1.29 is 23.1 Å². The lowest BCUT2D eigenvalue weighted by Gasteiger charge is -2.03. The van der Waals surface area contributed by atoms with Gasteiger partial charge >= 0.3 is 12.1 Å². The van der Waals surface area contributed by atoms with E-state index in [1.807, 2.05) is 30.4 Å². The number of hydrogen-bond donors (Lipinski definition) is 1. The molecule has 0 spiro atoms. The highest BCUT2D eigenvalue weighted by Gasteiger charge is 2.25. The molecular weight excluding hydrogens is 329 g/mol. The molecule has 0 heterocycles. The van der Waals surface area contributed by atoms with Crippen LogP contribution < -0.4 is 0 Å². The third-order valence-corrected chi connectivity index (χ3v) is 3.33. The van der Waals surface area contributed by atoms with Crippen molar-refractivity contribution in [3.8, 4) is 0 Å². The Hall–Kier alpha value is -1.78. The maximum Gasteiger partial charge on any atom is 0.389 e. The molecule has 0 aromatic carbocycles. The van der Waals surface area contributed by atoms with Gasteiger partial charge in [0, 0.05) is 12.8 Å². The van der Waals surface area contributed by atoms with Gasteiger partial charge in [-0.1, -0.05) is 48.6 Å². The topological polar surface area (TPSA) is 37.3 Å². The molecule has 142 valence electrons. The zero-order valence-corrected chi connectivity index (χ0v) is 14.7. The van der Waals surface area contributed by atoms with E-state index in [-0.39, 0.29) is 12.8 Å². The highest BCUT2D eigenvalue weighted by Crippen LogP contribution is 2.22. The fraction of sp³-hybridized carbons (Fsp3) is 0.550. The molecule has 5 heteroatoms. The van der Waals surface area contributed by atoms with Crippen LogP contribution in [0.2, 0.25) is 0 Å². The largest absolute Gasteiger partial charge is 0.481 e. The first-order valence-electron chi connectivity index (χ1n) is 8.80. The van der Waals surface area contributed by atoms with E-state index in [0.717, 1.165) is 25.7 Å². The van der Waals surface area contributed by atoms with E-state index in [1.165, 1.54) is 0 Å². The van der Waals surface area contributed by atoms with Crippen LogP contribution in [0.5, 0.6) is 0 Å². The standard InChI is InChI=1S/C20H29F3O2/c21-20(22,23)18-16-14-12-10-8-6-4-2-1-3-5-7-9-11-13-15-17-19(24)25/h2-5,8-11H,1,6-7,12-18H2,(H,24,25)/b4-2-,5-3-,10-8-,11-9-. The zero-order valence-electron chi connectivity index (χ0n) is 14.7. The third-order valence-electron chi connectivity index (χ3n) is 3.33. The fourth-order valence-corrected chi connectivity index (χ4v) is 2.01. The highest BCUT2D eigenvalue weighted by molar-refractivity contribution is 5.66. The average molecular weight is 358 g/mol. The molecule has 0 aromatic rings. The lowest BCUT2D eigenvalue weighted by molar-refractivity contribution is -0.137. The molecule has 0 aliphatic rings. The van der Waals surface area contributed by atoms with Crippen molar-refractivity contribution in [1.82, 2.24) is 0 Å². The van der Waals surface area contributed by atoms with Gasteiger partial charge in [0.15, 0.2) is 0 Å². The highest BCUT2D eigenvalue weighted by atomic mass is 19.4. The van der Waals surface area contributed by atoms with Gasteiger partial charge in [-0.25, -0.2) is 0 Å². The molecule has 0 atom stereocenters. The molecule has 25 heavy (non-hydrogen) atoms. The first-order chi connectivity index (χ1) is 11.9. The summed E-state index contributed by atoms with van der Waals surface area (Å²) in [6.45, 7) is 0. The van der Waals surface area contributed by atoms with Crippen molar-refractivity contribution in [1.29, 1.82) is 0 Å². The summed E-state index contributed by atoms with van der Waals surface area (Å²) < 4.78 is 35.8. The van der Waals surface area contributed by atoms with E-state index in [1.54, 1.807) is 0 Å². The van der Waals surface area contributed by atoms with E-state index in [9.17, 15) is 18.0 Å². The maximum absolute atomic E-state index is 11.9. The Bertz CT molecular complexity index is 446. The Morgan fingerprint density at radius 1 is 0.720 bits per heavy atom. The summed E-state index contributed by atoms with van der Waals surface area (Å²) in [5.41, 5.74) is 0. The molecule has 0 radical (unpaired) electrons. The van der Waals surface area contributed by atoms with E-state index in [0.29, 0.717) is 19.3 Å². The van der Waals surface area contributed by atoms with Gasteiger partial charge in [-0.3, -0.25) is 4.79 Å². The summed E-state index contributed by atoms with van der Waals surface area (Å²) >= 11 is 0. The second-order valence-corrected chi connectivity index (χ2v) is 5.74. The van der Waals surface area contributed by atoms with Crippen molar-refractivity contribution >= 4 is 5.97 Å². The van der Waals surface area contributed by atoms with Crippen LogP contribution in [0.4, 0.5) is 13.2 Å². The third kappa shape index (κ3) is 22.2. The van der Waals surface area contributed by atoms with Crippen LogP contribution in [-0.2, 0) is 4.79 Å². The lowest BCUT2D eigenvalue weighted by atomic mass is 10.1. The number of carboxylic acid groups (broad SMARTS) is 1. The molecule has 0 saturated carbocycles. The van der Waals surface area contributed by atoms with Crippen LogP contribution in [0, 0.1) is 0 Å². The van der Waals surface area contributed by atoms with Crippen LogP contribution in [-0.4, -0.2) is 17.3 Å². The molecule has 0 aliphatic heterocycles. The van der Waals surface area contributed by atoms with Crippen molar-refractivity contribution in [3.63, 3.8) is 0 Å². The van der Waals surface area contributed by atoms with Gasteiger partial charge in [0.25, 0.3) is 0 Å². The predicted octanol–water partition coefficient (Wildman–Crippen LogP) is 6.76. The van der Waals surface area contributed by atoms with Gasteiger partial charge in [-0.05, 0) is 51.4 Å². The zero-order chi connectivity index (χ0) is 18.8. The van der Waals surface area contributed by atoms with E-state index in [2.05, 4.69) is 18.2 Å². The number of carbonyl (C=O) groups is 1. The molecule has 0 aliphatic carbocycles. The minimum atomic E-state index is -4.03. The summed E-state index contributed by atoms with van der Waals surface area (Å²) in [5.74, 6) is -0.753. The van der Waals surface area contributed by atoms with Crippen LogP contribution in [0.25, 0.3) is 0 Å². The lowest BCUT2D eigenvalue weighted by Crippen LogP contribution is -2.05. The number of carboxylic acids is 1. The Labute approximate surface area is 148 Å². The molecule has 2 nitrogen and oxygen atoms in total. The Morgan fingerprint density at radius 3 is 1.60 bits per heavy atom. The van der Waals surface area contributed by atoms with Crippen molar-refractivity contribution in [2.24, 2.45) is 0 Å². The number of unbranched alkanes of at least 4 members (excludes halogenated alkanes) is 3. The smallest absolute Gasteiger partial charge is 0.389 e. The maximum atomic E-state index is 11.9. The normalized spacial score (nSPS) is 13.1. The van der Waals surface area contributed by atoms with Crippen molar-refractivity contribution in [3.05, 3.63) is 48.6 Å². The van der Waals surface area contributed by atoms with Gasteiger partial charge in [-0.2, -0.15) is 13.2 Å². The Balaban J connectivity index is 3.46. The molecule has 0 amide bonds. The minimum Gasteiger partial charge on any atom is -0.481 e. The fourth-order valence-electron chi connectivity index (χ4n) is 2.01. The quantitative estimate of drug-likeness (QED) is 0.275. The number of halogens is 3. The van der Waals surface area contributed by atoms with Crippen molar-refractivity contribution in [2.75, 3.05) is 0 Å².